The zero-order valence-electron chi connectivity index (χ0n) is 20.2. The monoisotopic (exact) mass is 461 g/mol. The van der Waals surface area contributed by atoms with Crippen molar-refractivity contribution in [3.8, 4) is 0 Å². The molecule has 1 aromatic carbocycles. The van der Waals surface area contributed by atoms with Crippen LogP contribution in [0.2, 0.25) is 0 Å². The smallest absolute Gasteiger partial charge is 0.310 e. The minimum atomic E-state index is -0.994. The summed E-state index contributed by atoms with van der Waals surface area (Å²) in [6.07, 6.45) is 4.48. The van der Waals surface area contributed by atoms with Gasteiger partial charge in [-0.3, -0.25) is 19.5 Å². The molecule has 0 bridgehead atoms. The van der Waals surface area contributed by atoms with E-state index in [2.05, 4.69) is 23.7 Å². The minimum absolute atomic E-state index is 0.0578. The van der Waals surface area contributed by atoms with Crippen molar-refractivity contribution in [2.45, 2.75) is 51.6 Å². The number of hydrogen-bond donors (Lipinski definition) is 0. The Morgan fingerprint density at radius 1 is 1.03 bits per heavy atom. The molecule has 0 unspecified atom stereocenters. The van der Waals surface area contributed by atoms with Crippen LogP contribution in [0.15, 0.2) is 42.7 Å². The SMILES string of the molecule is CC1(C)CN(C(=O)CN2CCC2)c2cc(N3C(=O)N(Cc4ccncc4)C(C)(C)C3=O)ccc21. The Morgan fingerprint density at radius 3 is 2.38 bits per heavy atom. The maximum atomic E-state index is 13.5. The number of pyridine rings is 1. The first-order valence-electron chi connectivity index (χ1n) is 11.8. The molecule has 178 valence electrons. The number of benzene rings is 1. The molecule has 4 amide bonds. The molecule has 8 nitrogen and oxygen atoms in total. The molecule has 34 heavy (non-hydrogen) atoms. The van der Waals surface area contributed by atoms with Gasteiger partial charge in [-0.1, -0.05) is 19.9 Å². The third kappa shape index (κ3) is 3.57. The average Bonchev–Trinajstić information content (AvgIpc) is 3.13. The lowest BCUT2D eigenvalue weighted by Gasteiger charge is -2.32. The van der Waals surface area contributed by atoms with E-state index >= 15 is 0 Å². The second-order valence-corrected chi connectivity index (χ2v) is 10.6. The van der Waals surface area contributed by atoms with Crippen molar-refractivity contribution in [2.75, 3.05) is 36.0 Å². The van der Waals surface area contributed by atoms with Crippen molar-refractivity contribution in [1.29, 1.82) is 0 Å². The second-order valence-electron chi connectivity index (χ2n) is 10.6. The molecule has 4 heterocycles. The van der Waals surface area contributed by atoms with E-state index in [0.29, 0.717) is 25.3 Å². The van der Waals surface area contributed by atoms with Gasteiger partial charge in [-0.25, -0.2) is 9.69 Å². The van der Waals surface area contributed by atoms with Crippen molar-refractivity contribution in [3.63, 3.8) is 0 Å². The number of carbonyl (C=O) groups is 3. The third-order valence-electron chi connectivity index (χ3n) is 7.33. The van der Waals surface area contributed by atoms with Gasteiger partial charge < -0.3 is 9.80 Å². The van der Waals surface area contributed by atoms with E-state index in [9.17, 15) is 14.4 Å². The van der Waals surface area contributed by atoms with Crippen molar-refractivity contribution in [1.82, 2.24) is 14.8 Å². The van der Waals surface area contributed by atoms with Gasteiger partial charge in [0.15, 0.2) is 0 Å². The molecular weight excluding hydrogens is 430 g/mol. The van der Waals surface area contributed by atoms with Crippen LogP contribution in [0, 0.1) is 0 Å². The number of hydrogen-bond acceptors (Lipinski definition) is 5. The summed E-state index contributed by atoms with van der Waals surface area (Å²) >= 11 is 0. The normalized spacial score (nSPS) is 21.1. The number of anilines is 2. The highest BCUT2D eigenvalue weighted by molar-refractivity contribution is 6.23. The van der Waals surface area contributed by atoms with Crippen LogP contribution in [-0.4, -0.2) is 64.3 Å². The Balaban J connectivity index is 1.47. The highest BCUT2D eigenvalue weighted by Gasteiger charge is 2.52. The number of imide groups is 1. The Hall–Kier alpha value is -3.26. The molecule has 1 aromatic heterocycles. The zero-order chi connectivity index (χ0) is 24.3. The molecule has 5 rings (SSSR count). The molecule has 2 saturated heterocycles. The molecular formula is C26H31N5O3. The van der Waals surface area contributed by atoms with Crippen LogP contribution < -0.4 is 9.80 Å². The highest BCUT2D eigenvalue weighted by Crippen LogP contribution is 2.44. The van der Waals surface area contributed by atoms with Gasteiger partial charge in [0.1, 0.15) is 5.54 Å². The number of urea groups is 1. The van der Waals surface area contributed by atoms with E-state index in [1.807, 2.05) is 35.2 Å². The fourth-order valence-electron chi connectivity index (χ4n) is 5.06. The maximum absolute atomic E-state index is 13.5. The first kappa shape index (κ1) is 22.5. The molecule has 0 saturated carbocycles. The van der Waals surface area contributed by atoms with Gasteiger partial charge in [0.05, 0.1) is 12.2 Å². The fraction of sp³-hybridized carbons (Fsp3) is 0.462. The molecule has 3 aliphatic rings. The largest absolute Gasteiger partial charge is 0.332 e. The van der Waals surface area contributed by atoms with Crippen LogP contribution in [0.3, 0.4) is 0 Å². The second kappa shape index (κ2) is 7.91. The lowest BCUT2D eigenvalue weighted by molar-refractivity contribution is -0.123. The summed E-state index contributed by atoms with van der Waals surface area (Å²) in [7, 11) is 0. The summed E-state index contributed by atoms with van der Waals surface area (Å²) in [6.45, 7) is 11.0. The van der Waals surface area contributed by atoms with Crippen molar-refractivity contribution < 1.29 is 14.4 Å². The number of fused-ring (bicyclic) bond motifs is 1. The third-order valence-corrected chi connectivity index (χ3v) is 7.33. The van der Waals surface area contributed by atoms with Crippen LogP contribution in [-0.2, 0) is 21.5 Å². The average molecular weight is 462 g/mol. The number of aromatic nitrogens is 1. The lowest BCUT2D eigenvalue weighted by Crippen LogP contribution is -2.46. The number of amides is 4. The minimum Gasteiger partial charge on any atom is -0.310 e. The number of rotatable bonds is 5. The lowest BCUT2D eigenvalue weighted by atomic mass is 9.87. The summed E-state index contributed by atoms with van der Waals surface area (Å²) in [6, 6.07) is 8.94. The summed E-state index contributed by atoms with van der Waals surface area (Å²) in [5.74, 6) is -0.218. The predicted molar refractivity (Wildman–Crippen MR) is 130 cm³/mol. The molecule has 3 aliphatic heterocycles. The van der Waals surface area contributed by atoms with E-state index in [1.165, 1.54) is 4.90 Å². The molecule has 0 radical (unpaired) electrons. The van der Waals surface area contributed by atoms with Crippen molar-refractivity contribution in [2.24, 2.45) is 0 Å². The van der Waals surface area contributed by atoms with Crippen LogP contribution >= 0.6 is 0 Å². The summed E-state index contributed by atoms with van der Waals surface area (Å²) in [5.41, 5.74) is 2.05. The summed E-state index contributed by atoms with van der Waals surface area (Å²) in [4.78, 5) is 50.9. The first-order chi connectivity index (χ1) is 16.1. The number of nitrogens with zero attached hydrogens (tertiary/aromatic N) is 5. The predicted octanol–water partition coefficient (Wildman–Crippen LogP) is 3.16. The Kier molecular flexibility index (Phi) is 5.24. The molecule has 0 N–H and O–H groups in total. The van der Waals surface area contributed by atoms with Gasteiger partial charge in [-0.2, -0.15) is 0 Å². The molecule has 2 aromatic rings. The van der Waals surface area contributed by atoms with Gasteiger partial charge >= 0.3 is 6.03 Å². The molecule has 2 fully saturated rings. The molecule has 0 spiro atoms. The van der Waals surface area contributed by atoms with Crippen molar-refractivity contribution >= 4 is 29.2 Å². The van der Waals surface area contributed by atoms with E-state index in [1.54, 1.807) is 31.1 Å². The first-order valence-corrected chi connectivity index (χ1v) is 11.8. The van der Waals surface area contributed by atoms with Gasteiger partial charge in [-0.05, 0) is 68.8 Å². The number of carbonyl (C=O) groups excluding carboxylic acids is 3. The van der Waals surface area contributed by atoms with Gasteiger partial charge in [0.2, 0.25) is 5.91 Å². The zero-order valence-corrected chi connectivity index (χ0v) is 20.2. The van der Waals surface area contributed by atoms with E-state index in [-0.39, 0.29) is 23.3 Å². The van der Waals surface area contributed by atoms with Crippen LogP contribution in [0.5, 0.6) is 0 Å². The summed E-state index contributed by atoms with van der Waals surface area (Å²) < 4.78 is 0. The Labute approximate surface area is 200 Å². The molecule has 0 atom stereocenters. The number of likely N-dealkylation sites (tertiary alicyclic amines) is 1. The van der Waals surface area contributed by atoms with E-state index in [4.69, 9.17) is 0 Å². The van der Waals surface area contributed by atoms with Crippen LogP contribution in [0.4, 0.5) is 16.2 Å². The van der Waals surface area contributed by atoms with Gasteiger partial charge in [-0.15, -0.1) is 0 Å². The van der Waals surface area contributed by atoms with Gasteiger partial charge in [0, 0.05) is 36.6 Å². The Morgan fingerprint density at radius 2 is 1.74 bits per heavy atom. The van der Waals surface area contributed by atoms with Crippen LogP contribution in [0.1, 0.15) is 45.2 Å². The van der Waals surface area contributed by atoms with Crippen molar-refractivity contribution in [3.05, 3.63) is 53.9 Å². The Bertz CT molecular complexity index is 1160. The van der Waals surface area contributed by atoms with E-state index < -0.39 is 5.54 Å². The molecule has 8 heteroatoms. The quantitative estimate of drug-likeness (QED) is 0.640. The highest BCUT2D eigenvalue weighted by atomic mass is 16.2. The summed E-state index contributed by atoms with van der Waals surface area (Å²) in [5, 5.41) is 0. The van der Waals surface area contributed by atoms with E-state index in [0.717, 1.165) is 36.3 Å². The fourth-order valence-corrected chi connectivity index (χ4v) is 5.06. The topological polar surface area (TPSA) is 77.1 Å². The van der Waals surface area contributed by atoms with Gasteiger partial charge in [0.25, 0.3) is 5.91 Å². The molecule has 0 aliphatic carbocycles. The van der Waals surface area contributed by atoms with Crippen LogP contribution in [0.25, 0.3) is 0 Å². The maximum Gasteiger partial charge on any atom is 0.332 e. The standard InChI is InChI=1S/C26H31N5O3/c1-25(2)17-29(22(32)16-28-12-5-13-28)21-14-19(6-7-20(21)25)31-23(33)26(3,4)30(24(31)34)15-18-8-10-27-11-9-18/h6-11,14H,5,12-13,15-17H2,1-4H3.